The van der Waals surface area contributed by atoms with E-state index in [4.69, 9.17) is 9.84 Å². The van der Waals surface area contributed by atoms with Crippen molar-refractivity contribution < 1.29 is 19.4 Å². The average molecular weight is 293 g/mol. The van der Waals surface area contributed by atoms with Crippen LogP contribution in [0.25, 0.3) is 0 Å². The van der Waals surface area contributed by atoms with Gasteiger partial charge in [-0.2, -0.15) is 0 Å². The van der Waals surface area contributed by atoms with Gasteiger partial charge in [-0.1, -0.05) is 32.9 Å². The molecule has 0 radical (unpaired) electrons. The van der Waals surface area contributed by atoms with Gasteiger partial charge in [0.2, 0.25) is 5.91 Å². The van der Waals surface area contributed by atoms with Crippen molar-refractivity contribution in [3.63, 3.8) is 0 Å². The summed E-state index contributed by atoms with van der Waals surface area (Å²) in [5.41, 5.74) is 0.630. The summed E-state index contributed by atoms with van der Waals surface area (Å²) in [6.45, 7) is 6.29. The second-order valence-corrected chi connectivity index (χ2v) is 5.10. The Balaban J connectivity index is 3.06. The molecule has 0 aliphatic rings. The minimum atomic E-state index is -0.927. The summed E-state index contributed by atoms with van der Waals surface area (Å²) in [7, 11) is 0. The summed E-state index contributed by atoms with van der Waals surface area (Å²) >= 11 is 0. The summed E-state index contributed by atoms with van der Waals surface area (Å²) in [4.78, 5) is 24.7. The number of rotatable bonds is 8. The average Bonchev–Trinajstić information content (AvgIpc) is 2.45. The third-order valence-corrected chi connectivity index (χ3v) is 2.93. The van der Waals surface area contributed by atoms with Gasteiger partial charge in [0.1, 0.15) is 5.75 Å². The van der Waals surface area contributed by atoms with Gasteiger partial charge in [-0.15, -0.1) is 0 Å². The number of carboxylic acids is 1. The Morgan fingerprint density at radius 1 is 1.29 bits per heavy atom. The Labute approximate surface area is 125 Å². The predicted octanol–water partition coefficient (Wildman–Crippen LogP) is 2.94. The van der Waals surface area contributed by atoms with Gasteiger partial charge in [0.25, 0.3) is 0 Å². The van der Waals surface area contributed by atoms with E-state index in [0.29, 0.717) is 18.0 Å². The lowest BCUT2D eigenvalue weighted by Crippen LogP contribution is -2.36. The molecule has 1 aromatic carbocycles. The lowest BCUT2D eigenvalue weighted by Gasteiger charge is -2.26. The molecule has 0 unspecified atom stereocenters. The van der Waals surface area contributed by atoms with Crippen molar-refractivity contribution in [3.8, 4) is 5.75 Å². The van der Waals surface area contributed by atoms with Gasteiger partial charge >= 0.3 is 5.97 Å². The first kappa shape index (κ1) is 17.0. The lowest BCUT2D eigenvalue weighted by atomic mass is 10.1. The largest absolute Gasteiger partial charge is 0.491 e. The molecule has 0 spiro atoms. The number of ether oxygens (including phenoxy) is 1. The molecule has 1 rings (SSSR count). The molecule has 0 aromatic heterocycles. The summed E-state index contributed by atoms with van der Waals surface area (Å²) in [6, 6.07) is 7.23. The summed E-state index contributed by atoms with van der Waals surface area (Å²) < 4.78 is 5.66. The van der Waals surface area contributed by atoms with Gasteiger partial charge in [-0.3, -0.25) is 9.59 Å². The van der Waals surface area contributed by atoms with Gasteiger partial charge in [-0.25, -0.2) is 0 Å². The minimum absolute atomic E-state index is 0.0967. The normalized spacial score (nSPS) is 10.5. The maximum atomic E-state index is 12.4. The summed E-state index contributed by atoms with van der Waals surface area (Å²) in [5, 5.41) is 8.87. The van der Waals surface area contributed by atoms with Crippen LogP contribution in [-0.4, -0.2) is 30.1 Å². The lowest BCUT2D eigenvalue weighted by molar-refractivity contribution is -0.136. The first-order valence-corrected chi connectivity index (χ1v) is 7.22. The van der Waals surface area contributed by atoms with Crippen molar-refractivity contribution in [2.45, 2.75) is 33.6 Å². The van der Waals surface area contributed by atoms with Gasteiger partial charge in [-0.05, 0) is 18.6 Å². The minimum Gasteiger partial charge on any atom is -0.491 e. The topological polar surface area (TPSA) is 66.8 Å². The van der Waals surface area contributed by atoms with E-state index >= 15 is 0 Å². The fourth-order valence-corrected chi connectivity index (χ4v) is 1.88. The Kier molecular flexibility index (Phi) is 6.72. The number of carbonyl (C=O) groups is 2. The number of anilines is 1. The molecule has 5 nitrogen and oxygen atoms in total. The quantitative estimate of drug-likeness (QED) is 0.800. The van der Waals surface area contributed by atoms with Crippen molar-refractivity contribution in [1.82, 2.24) is 0 Å². The number of para-hydroxylation sites is 2. The first-order chi connectivity index (χ1) is 9.97. The number of carbonyl (C=O) groups excluding carboxylic acids is 1. The molecule has 0 atom stereocenters. The van der Waals surface area contributed by atoms with E-state index < -0.39 is 5.97 Å². The molecule has 0 saturated carbocycles. The Morgan fingerprint density at radius 2 is 1.95 bits per heavy atom. The summed E-state index contributed by atoms with van der Waals surface area (Å²) in [6.07, 6.45) is 0.766. The second-order valence-electron chi connectivity index (χ2n) is 5.10. The number of hydrogen-bond acceptors (Lipinski definition) is 3. The molecule has 1 N–H and O–H groups in total. The van der Waals surface area contributed by atoms with E-state index in [0.717, 1.165) is 6.42 Å². The highest BCUT2D eigenvalue weighted by molar-refractivity contribution is 5.96. The Hall–Kier alpha value is -2.04. The van der Waals surface area contributed by atoms with Crippen LogP contribution in [0.15, 0.2) is 24.3 Å². The van der Waals surface area contributed by atoms with Crippen LogP contribution >= 0.6 is 0 Å². The zero-order valence-corrected chi connectivity index (χ0v) is 12.8. The van der Waals surface area contributed by atoms with Crippen molar-refractivity contribution in [3.05, 3.63) is 24.3 Å². The molecule has 116 valence electrons. The predicted molar refractivity (Wildman–Crippen MR) is 81.7 cm³/mol. The number of amides is 1. The van der Waals surface area contributed by atoms with Gasteiger partial charge in [0.05, 0.1) is 18.7 Å². The number of benzene rings is 1. The van der Waals surface area contributed by atoms with Crippen molar-refractivity contribution in [1.29, 1.82) is 0 Å². The van der Waals surface area contributed by atoms with Crippen molar-refractivity contribution >= 4 is 17.6 Å². The summed E-state index contributed by atoms with van der Waals surface area (Å²) in [5.74, 6) is -0.635. The zero-order valence-electron chi connectivity index (χ0n) is 12.8. The molecule has 1 amide bonds. The number of carboxylic acid groups (broad SMARTS) is 1. The van der Waals surface area contributed by atoms with Crippen LogP contribution in [0.1, 0.15) is 33.6 Å². The van der Waals surface area contributed by atoms with E-state index in [9.17, 15) is 9.59 Å². The number of nitrogens with zero attached hydrogens (tertiary/aromatic N) is 1. The van der Waals surface area contributed by atoms with Gasteiger partial charge in [0.15, 0.2) is 0 Å². The number of hydrogen-bond donors (Lipinski definition) is 1. The van der Waals surface area contributed by atoms with Gasteiger partial charge in [0, 0.05) is 12.5 Å². The molecule has 21 heavy (non-hydrogen) atoms. The SMILES string of the molecule is CCCOc1ccccc1N(CCC(=O)O)C(=O)C(C)C. The van der Waals surface area contributed by atoms with Crippen LogP contribution in [0.4, 0.5) is 5.69 Å². The van der Waals surface area contributed by atoms with Crippen LogP contribution in [0.5, 0.6) is 5.75 Å². The second kappa shape index (κ2) is 8.29. The van der Waals surface area contributed by atoms with Crippen LogP contribution < -0.4 is 9.64 Å². The standard InChI is InChI=1S/C16H23NO4/c1-4-11-21-14-8-6-5-7-13(14)17(10-9-15(18)19)16(20)12(2)3/h5-8,12H,4,9-11H2,1-3H3,(H,18,19). The van der Waals surface area contributed by atoms with Gasteiger partial charge < -0.3 is 14.7 Å². The van der Waals surface area contributed by atoms with E-state index in [-0.39, 0.29) is 24.8 Å². The van der Waals surface area contributed by atoms with Crippen molar-refractivity contribution in [2.24, 2.45) is 5.92 Å². The highest BCUT2D eigenvalue weighted by atomic mass is 16.5. The fourth-order valence-electron chi connectivity index (χ4n) is 1.88. The Morgan fingerprint density at radius 3 is 2.52 bits per heavy atom. The Bertz CT molecular complexity index is 485. The van der Waals surface area contributed by atoms with E-state index in [1.165, 1.54) is 4.90 Å². The molecule has 0 heterocycles. The molecule has 5 heteroatoms. The molecule has 0 bridgehead atoms. The van der Waals surface area contributed by atoms with Crippen LogP contribution in [-0.2, 0) is 9.59 Å². The van der Waals surface area contributed by atoms with E-state index in [1.54, 1.807) is 26.0 Å². The van der Waals surface area contributed by atoms with Crippen LogP contribution in [0.2, 0.25) is 0 Å². The molecule has 0 fully saturated rings. The third kappa shape index (κ3) is 5.10. The third-order valence-electron chi connectivity index (χ3n) is 2.93. The van der Waals surface area contributed by atoms with Crippen LogP contribution in [0, 0.1) is 5.92 Å². The molecular formula is C16H23NO4. The first-order valence-electron chi connectivity index (χ1n) is 7.22. The monoisotopic (exact) mass is 293 g/mol. The fraction of sp³-hybridized carbons (Fsp3) is 0.500. The maximum absolute atomic E-state index is 12.4. The smallest absolute Gasteiger partial charge is 0.305 e. The highest BCUT2D eigenvalue weighted by Gasteiger charge is 2.22. The molecule has 0 aliphatic heterocycles. The van der Waals surface area contributed by atoms with E-state index in [2.05, 4.69) is 0 Å². The maximum Gasteiger partial charge on any atom is 0.305 e. The molecule has 0 saturated heterocycles. The molecule has 0 aliphatic carbocycles. The number of aliphatic carboxylic acids is 1. The van der Waals surface area contributed by atoms with Crippen LogP contribution in [0.3, 0.4) is 0 Å². The van der Waals surface area contributed by atoms with Crippen molar-refractivity contribution in [2.75, 3.05) is 18.1 Å². The molecular weight excluding hydrogens is 270 g/mol. The zero-order chi connectivity index (χ0) is 15.8. The molecule has 1 aromatic rings. The highest BCUT2D eigenvalue weighted by Crippen LogP contribution is 2.29. The van der Waals surface area contributed by atoms with E-state index in [1.807, 2.05) is 19.1 Å².